The Morgan fingerprint density at radius 3 is 2.89 bits per heavy atom. The number of hydrogen-bond donors (Lipinski definition) is 2. The van der Waals surface area contributed by atoms with Crippen LogP contribution < -0.4 is 10.5 Å². The van der Waals surface area contributed by atoms with Crippen molar-refractivity contribution in [2.45, 2.75) is 6.92 Å². The van der Waals surface area contributed by atoms with Crippen LogP contribution in [0.15, 0.2) is 36.5 Å². The van der Waals surface area contributed by atoms with Crippen molar-refractivity contribution in [3.05, 3.63) is 42.1 Å². The molecule has 0 saturated carbocycles. The van der Waals surface area contributed by atoms with Crippen LogP contribution in [0.3, 0.4) is 0 Å². The second-order valence-electron chi connectivity index (χ2n) is 3.92. The Hall–Kier alpha value is -2.56. The smallest absolute Gasteiger partial charge is 0.336 e. The van der Waals surface area contributed by atoms with Gasteiger partial charge in [-0.3, -0.25) is 0 Å². The molecule has 1 aromatic heterocycles. The van der Waals surface area contributed by atoms with Crippen LogP contribution in [0.2, 0.25) is 0 Å². The molecule has 2 rings (SSSR count). The van der Waals surface area contributed by atoms with Gasteiger partial charge in [-0.25, -0.2) is 9.78 Å². The highest BCUT2D eigenvalue weighted by Gasteiger charge is 2.13. The Morgan fingerprint density at radius 2 is 2.21 bits per heavy atom. The van der Waals surface area contributed by atoms with E-state index >= 15 is 0 Å². The van der Waals surface area contributed by atoms with E-state index in [9.17, 15) is 9.90 Å². The van der Waals surface area contributed by atoms with Gasteiger partial charge in [-0.2, -0.15) is 0 Å². The molecule has 0 radical (unpaired) electrons. The van der Waals surface area contributed by atoms with Gasteiger partial charge in [-0.15, -0.1) is 0 Å². The third-order valence-corrected chi connectivity index (χ3v) is 2.61. The molecule has 3 N–H and O–H groups in total. The number of anilines is 1. The molecule has 0 amide bonds. The normalized spacial score (nSPS) is 10.2. The summed E-state index contributed by atoms with van der Waals surface area (Å²) < 4.78 is 5.40. The lowest BCUT2D eigenvalue weighted by Crippen LogP contribution is -2.03. The van der Waals surface area contributed by atoms with E-state index in [2.05, 4.69) is 4.98 Å². The van der Waals surface area contributed by atoms with Crippen LogP contribution in [-0.2, 0) is 0 Å². The standard InChI is InChI=1S/C14H14N2O3/c1-2-19-10-5-3-4-9(6-10)12-8-16-13(15)7-11(12)14(17)18/h3-8H,2H2,1H3,(H2,15,16)(H,17,18). The van der Waals surface area contributed by atoms with Crippen LogP contribution in [0.1, 0.15) is 17.3 Å². The second kappa shape index (κ2) is 5.39. The Kier molecular flexibility index (Phi) is 3.66. The summed E-state index contributed by atoms with van der Waals surface area (Å²) in [5.74, 6) is -0.166. The zero-order valence-corrected chi connectivity index (χ0v) is 10.5. The maximum Gasteiger partial charge on any atom is 0.336 e. The average molecular weight is 258 g/mol. The number of rotatable bonds is 4. The molecule has 19 heavy (non-hydrogen) atoms. The van der Waals surface area contributed by atoms with Crippen LogP contribution in [-0.4, -0.2) is 22.7 Å². The Bertz CT molecular complexity index is 611. The molecule has 1 aromatic carbocycles. The maximum absolute atomic E-state index is 11.2. The molecule has 0 aliphatic rings. The monoisotopic (exact) mass is 258 g/mol. The number of hydrogen-bond acceptors (Lipinski definition) is 4. The van der Waals surface area contributed by atoms with Crippen molar-refractivity contribution in [1.29, 1.82) is 0 Å². The van der Waals surface area contributed by atoms with Crippen molar-refractivity contribution in [2.75, 3.05) is 12.3 Å². The molecule has 0 unspecified atom stereocenters. The van der Waals surface area contributed by atoms with Crippen LogP contribution in [0.4, 0.5) is 5.82 Å². The quantitative estimate of drug-likeness (QED) is 0.879. The zero-order valence-electron chi connectivity index (χ0n) is 10.5. The van der Waals surface area contributed by atoms with Gasteiger partial charge >= 0.3 is 5.97 Å². The molecule has 5 nitrogen and oxygen atoms in total. The van der Waals surface area contributed by atoms with Gasteiger partial charge in [0.25, 0.3) is 0 Å². The van der Waals surface area contributed by atoms with Crippen molar-refractivity contribution < 1.29 is 14.6 Å². The Balaban J connectivity index is 2.52. The number of carboxylic acid groups (broad SMARTS) is 1. The lowest BCUT2D eigenvalue weighted by molar-refractivity contribution is 0.0697. The molecule has 2 aromatic rings. The lowest BCUT2D eigenvalue weighted by Gasteiger charge is -2.09. The van der Waals surface area contributed by atoms with E-state index < -0.39 is 5.97 Å². The lowest BCUT2D eigenvalue weighted by atomic mass is 10.0. The second-order valence-corrected chi connectivity index (χ2v) is 3.92. The molecule has 1 heterocycles. The highest BCUT2D eigenvalue weighted by atomic mass is 16.5. The highest BCUT2D eigenvalue weighted by Crippen LogP contribution is 2.27. The third-order valence-electron chi connectivity index (χ3n) is 2.61. The van der Waals surface area contributed by atoms with Gasteiger partial charge < -0.3 is 15.6 Å². The van der Waals surface area contributed by atoms with Crippen molar-refractivity contribution in [3.63, 3.8) is 0 Å². The van der Waals surface area contributed by atoms with E-state index in [4.69, 9.17) is 10.5 Å². The van der Waals surface area contributed by atoms with E-state index in [-0.39, 0.29) is 11.4 Å². The summed E-state index contributed by atoms with van der Waals surface area (Å²) in [6.45, 7) is 2.44. The molecular weight excluding hydrogens is 244 g/mol. The molecule has 5 heteroatoms. The van der Waals surface area contributed by atoms with Crippen molar-refractivity contribution >= 4 is 11.8 Å². The van der Waals surface area contributed by atoms with Crippen LogP contribution in [0.5, 0.6) is 5.75 Å². The summed E-state index contributed by atoms with van der Waals surface area (Å²) in [4.78, 5) is 15.2. The maximum atomic E-state index is 11.2. The number of nitrogens with zero attached hydrogens (tertiary/aromatic N) is 1. The van der Waals surface area contributed by atoms with E-state index in [0.717, 1.165) is 5.56 Å². The topological polar surface area (TPSA) is 85.4 Å². The van der Waals surface area contributed by atoms with E-state index in [1.165, 1.54) is 12.3 Å². The van der Waals surface area contributed by atoms with E-state index in [1.54, 1.807) is 6.07 Å². The van der Waals surface area contributed by atoms with Crippen LogP contribution >= 0.6 is 0 Å². The van der Waals surface area contributed by atoms with Gasteiger partial charge in [0.05, 0.1) is 12.2 Å². The number of benzene rings is 1. The minimum absolute atomic E-state index is 0.126. The van der Waals surface area contributed by atoms with Gasteiger partial charge in [0, 0.05) is 11.8 Å². The molecule has 98 valence electrons. The minimum Gasteiger partial charge on any atom is -0.494 e. The van der Waals surface area contributed by atoms with Crippen molar-refractivity contribution in [3.8, 4) is 16.9 Å². The summed E-state index contributed by atoms with van der Waals surface area (Å²) in [5, 5.41) is 9.21. The summed E-state index contributed by atoms with van der Waals surface area (Å²) in [6.07, 6.45) is 1.46. The van der Waals surface area contributed by atoms with Crippen molar-refractivity contribution in [2.24, 2.45) is 0 Å². The number of nitrogens with two attached hydrogens (primary N) is 1. The third kappa shape index (κ3) is 2.82. The molecule has 0 fully saturated rings. The Labute approximate surface area is 110 Å². The van der Waals surface area contributed by atoms with E-state index in [0.29, 0.717) is 17.9 Å². The molecular formula is C14H14N2O3. The largest absolute Gasteiger partial charge is 0.494 e. The number of aromatic nitrogens is 1. The zero-order chi connectivity index (χ0) is 13.8. The fourth-order valence-corrected chi connectivity index (χ4v) is 1.80. The number of nitrogen functional groups attached to an aromatic ring is 1. The molecule has 0 aliphatic carbocycles. The Morgan fingerprint density at radius 1 is 1.42 bits per heavy atom. The SMILES string of the molecule is CCOc1cccc(-c2cnc(N)cc2C(=O)O)c1. The van der Waals surface area contributed by atoms with Gasteiger partial charge in [0.2, 0.25) is 0 Å². The molecule has 0 saturated heterocycles. The summed E-state index contributed by atoms with van der Waals surface area (Å²) in [5.41, 5.74) is 6.90. The van der Waals surface area contributed by atoms with Gasteiger partial charge in [-0.05, 0) is 30.7 Å². The first-order chi connectivity index (χ1) is 9.11. The van der Waals surface area contributed by atoms with Gasteiger partial charge in [-0.1, -0.05) is 12.1 Å². The molecule has 0 bridgehead atoms. The molecule has 0 atom stereocenters. The van der Waals surface area contributed by atoms with Crippen LogP contribution in [0, 0.1) is 0 Å². The fraction of sp³-hybridized carbons (Fsp3) is 0.143. The predicted octanol–water partition coefficient (Wildman–Crippen LogP) is 2.43. The number of carboxylic acids is 1. The first-order valence-electron chi connectivity index (χ1n) is 5.84. The molecule has 0 aliphatic heterocycles. The first-order valence-corrected chi connectivity index (χ1v) is 5.84. The fourth-order valence-electron chi connectivity index (χ4n) is 1.80. The van der Waals surface area contributed by atoms with Crippen LogP contribution in [0.25, 0.3) is 11.1 Å². The average Bonchev–Trinajstić information content (AvgIpc) is 2.39. The van der Waals surface area contributed by atoms with Gasteiger partial charge in [0.1, 0.15) is 11.6 Å². The number of carbonyl (C=O) groups is 1. The van der Waals surface area contributed by atoms with Crippen molar-refractivity contribution in [1.82, 2.24) is 4.98 Å². The minimum atomic E-state index is -1.04. The number of aromatic carboxylic acids is 1. The summed E-state index contributed by atoms with van der Waals surface area (Å²) in [7, 11) is 0. The summed E-state index contributed by atoms with van der Waals surface area (Å²) in [6, 6.07) is 8.57. The number of pyridine rings is 1. The molecule has 0 spiro atoms. The van der Waals surface area contributed by atoms with Gasteiger partial charge in [0.15, 0.2) is 0 Å². The number of ether oxygens (including phenoxy) is 1. The highest BCUT2D eigenvalue weighted by molar-refractivity contribution is 5.96. The first kappa shape index (κ1) is 12.9. The summed E-state index contributed by atoms with van der Waals surface area (Å²) >= 11 is 0. The predicted molar refractivity (Wildman–Crippen MR) is 72.2 cm³/mol. The van der Waals surface area contributed by atoms with E-state index in [1.807, 2.05) is 25.1 Å².